The van der Waals surface area contributed by atoms with Crippen LogP contribution in [0, 0.1) is 16.0 Å². The number of carbonyl (C=O) groups is 2. The van der Waals surface area contributed by atoms with Gasteiger partial charge >= 0.3 is 0 Å². The van der Waals surface area contributed by atoms with Crippen molar-refractivity contribution in [3.8, 4) is 0 Å². The first kappa shape index (κ1) is 23.8. The highest BCUT2D eigenvalue weighted by Crippen LogP contribution is 2.29. The Bertz CT molecular complexity index is 1260. The molecule has 0 saturated heterocycles. The molecule has 2 N–H and O–H groups in total. The number of benzene rings is 3. The van der Waals surface area contributed by atoms with Crippen LogP contribution in [0.5, 0.6) is 0 Å². The SMILES string of the molecule is C[C@H](C(=O)C(=O)Nc1ccccc1)[C@@H](NS(=O)(=O)c1ccccc1[N+](=O)[O-])c1ccccc1. The number of hydrogen-bond acceptors (Lipinski definition) is 6. The van der Waals surface area contributed by atoms with E-state index in [1.165, 1.54) is 19.1 Å². The molecule has 0 saturated carbocycles. The van der Waals surface area contributed by atoms with Gasteiger partial charge in [-0.2, -0.15) is 0 Å². The molecule has 3 rings (SSSR count). The fourth-order valence-electron chi connectivity index (χ4n) is 3.26. The molecule has 3 aromatic rings. The van der Waals surface area contributed by atoms with Gasteiger partial charge in [-0.05, 0) is 23.8 Å². The van der Waals surface area contributed by atoms with Crippen LogP contribution in [-0.2, 0) is 19.6 Å². The highest BCUT2D eigenvalue weighted by Gasteiger charge is 2.35. The number of nitrogens with zero attached hydrogens (tertiary/aromatic N) is 1. The second kappa shape index (κ2) is 10.2. The van der Waals surface area contributed by atoms with Crippen LogP contribution in [0.25, 0.3) is 0 Å². The molecule has 0 unspecified atom stereocenters. The topological polar surface area (TPSA) is 135 Å². The number of nitrogens with one attached hydrogen (secondary N) is 2. The molecule has 0 heterocycles. The number of para-hydroxylation sites is 2. The summed E-state index contributed by atoms with van der Waals surface area (Å²) in [5, 5.41) is 13.8. The Kier molecular flexibility index (Phi) is 7.31. The zero-order valence-electron chi connectivity index (χ0n) is 17.5. The van der Waals surface area contributed by atoms with E-state index in [9.17, 15) is 28.1 Å². The number of sulfonamides is 1. The highest BCUT2D eigenvalue weighted by molar-refractivity contribution is 7.89. The molecule has 2 atom stereocenters. The van der Waals surface area contributed by atoms with E-state index in [-0.39, 0.29) is 0 Å². The van der Waals surface area contributed by atoms with E-state index in [1.54, 1.807) is 60.7 Å². The quantitative estimate of drug-likeness (QED) is 0.281. The molecular weight excluding hydrogens is 446 g/mol. The Hall–Kier alpha value is -3.89. The molecule has 0 aliphatic carbocycles. The third-order valence-corrected chi connectivity index (χ3v) is 6.45. The van der Waals surface area contributed by atoms with Crippen molar-refractivity contribution in [3.63, 3.8) is 0 Å². The van der Waals surface area contributed by atoms with Crippen molar-refractivity contribution in [1.82, 2.24) is 4.72 Å². The standard InChI is InChI=1S/C23H21N3O6S/c1-16(22(27)23(28)24-18-12-6-3-7-13-18)21(17-10-4-2-5-11-17)25-33(31,32)20-15-9-8-14-19(20)26(29)30/h2-16,21,25H,1H3,(H,24,28)/t16-,21+/m0/s1. The fraction of sp³-hybridized carbons (Fsp3) is 0.130. The summed E-state index contributed by atoms with van der Waals surface area (Å²) < 4.78 is 28.6. The van der Waals surface area contributed by atoms with Gasteiger partial charge in [0.25, 0.3) is 11.6 Å². The van der Waals surface area contributed by atoms with E-state index >= 15 is 0 Å². The Balaban J connectivity index is 1.93. The van der Waals surface area contributed by atoms with Crippen LogP contribution in [0.1, 0.15) is 18.5 Å². The Morgan fingerprint density at radius 1 is 0.879 bits per heavy atom. The number of anilines is 1. The minimum absolute atomic E-state index is 0.416. The summed E-state index contributed by atoms with van der Waals surface area (Å²) in [6, 6.07) is 20.3. The van der Waals surface area contributed by atoms with Gasteiger partial charge in [0, 0.05) is 17.7 Å². The molecule has 0 spiro atoms. The minimum atomic E-state index is -4.42. The maximum absolute atomic E-state index is 13.1. The molecule has 0 radical (unpaired) electrons. The zero-order valence-corrected chi connectivity index (χ0v) is 18.4. The number of nitro benzene ring substituents is 1. The lowest BCUT2D eigenvalue weighted by molar-refractivity contribution is -0.387. The van der Waals surface area contributed by atoms with Crippen molar-refractivity contribution in [2.45, 2.75) is 17.9 Å². The second-order valence-corrected chi connectivity index (χ2v) is 8.89. The predicted molar refractivity (Wildman–Crippen MR) is 122 cm³/mol. The summed E-state index contributed by atoms with van der Waals surface area (Å²) in [7, 11) is -4.42. The van der Waals surface area contributed by atoms with Gasteiger partial charge in [-0.15, -0.1) is 0 Å². The zero-order chi connectivity index (χ0) is 24.0. The molecule has 0 bridgehead atoms. The first-order valence-electron chi connectivity index (χ1n) is 9.91. The van der Waals surface area contributed by atoms with E-state index in [1.807, 2.05) is 0 Å². The summed E-state index contributed by atoms with van der Waals surface area (Å²) in [6.45, 7) is 1.42. The monoisotopic (exact) mass is 467 g/mol. The molecule has 10 heteroatoms. The van der Waals surface area contributed by atoms with Crippen LogP contribution in [0.2, 0.25) is 0 Å². The van der Waals surface area contributed by atoms with Crippen molar-refractivity contribution in [1.29, 1.82) is 0 Å². The van der Waals surface area contributed by atoms with Gasteiger partial charge in [0.2, 0.25) is 15.8 Å². The summed E-state index contributed by atoms with van der Waals surface area (Å²) in [5.41, 5.74) is 0.241. The lowest BCUT2D eigenvalue weighted by Crippen LogP contribution is -2.39. The van der Waals surface area contributed by atoms with Gasteiger partial charge in [0.1, 0.15) is 0 Å². The van der Waals surface area contributed by atoms with Crippen LogP contribution in [-0.4, -0.2) is 25.0 Å². The van der Waals surface area contributed by atoms with Gasteiger partial charge in [0.15, 0.2) is 4.90 Å². The Labute approximate surface area is 190 Å². The molecule has 3 aromatic carbocycles. The average molecular weight is 468 g/mol. The lowest BCUT2D eigenvalue weighted by atomic mass is 9.91. The average Bonchev–Trinajstić information content (AvgIpc) is 2.82. The van der Waals surface area contributed by atoms with E-state index in [0.717, 1.165) is 12.1 Å². The maximum atomic E-state index is 13.1. The van der Waals surface area contributed by atoms with Crippen LogP contribution >= 0.6 is 0 Å². The van der Waals surface area contributed by atoms with Gasteiger partial charge in [-0.1, -0.05) is 67.6 Å². The van der Waals surface area contributed by atoms with E-state index in [0.29, 0.717) is 11.3 Å². The van der Waals surface area contributed by atoms with Crippen LogP contribution in [0.3, 0.4) is 0 Å². The van der Waals surface area contributed by atoms with Crippen molar-refractivity contribution in [2.24, 2.45) is 5.92 Å². The normalized spacial score (nSPS) is 13.0. The van der Waals surface area contributed by atoms with Gasteiger partial charge in [0.05, 0.1) is 11.0 Å². The fourth-order valence-corrected chi connectivity index (χ4v) is 4.73. The molecule has 170 valence electrons. The van der Waals surface area contributed by atoms with Gasteiger partial charge in [-0.3, -0.25) is 19.7 Å². The summed E-state index contributed by atoms with van der Waals surface area (Å²) in [4.78, 5) is 35.4. The van der Waals surface area contributed by atoms with E-state index < -0.39 is 49.2 Å². The third-order valence-electron chi connectivity index (χ3n) is 4.96. The first-order valence-corrected chi connectivity index (χ1v) is 11.4. The largest absolute Gasteiger partial charge is 0.319 e. The van der Waals surface area contributed by atoms with E-state index in [2.05, 4.69) is 10.0 Å². The molecule has 0 aromatic heterocycles. The number of rotatable bonds is 9. The molecular formula is C23H21N3O6S. The third kappa shape index (κ3) is 5.68. The number of hydrogen-bond donors (Lipinski definition) is 2. The number of amides is 1. The number of carbonyl (C=O) groups excluding carboxylic acids is 2. The maximum Gasteiger partial charge on any atom is 0.292 e. The van der Waals surface area contributed by atoms with E-state index in [4.69, 9.17) is 0 Å². The number of Topliss-reactive ketones (excluding diaryl/α,β-unsaturated/α-hetero) is 1. The van der Waals surface area contributed by atoms with Crippen molar-refractivity contribution >= 4 is 33.1 Å². The molecule has 0 aliphatic rings. The van der Waals surface area contributed by atoms with Crippen LogP contribution < -0.4 is 10.0 Å². The Morgan fingerprint density at radius 3 is 2.03 bits per heavy atom. The number of nitro groups is 1. The molecule has 33 heavy (non-hydrogen) atoms. The van der Waals surface area contributed by atoms with Crippen LogP contribution in [0.4, 0.5) is 11.4 Å². The second-order valence-electron chi connectivity index (χ2n) is 7.21. The highest BCUT2D eigenvalue weighted by atomic mass is 32.2. The van der Waals surface area contributed by atoms with Crippen molar-refractivity contribution < 1.29 is 22.9 Å². The minimum Gasteiger partial charge on any atom is -0.319 e. The van der Waals surface area contributed by atoms with Crippen LogP contribution in [0.15, 0.2) is 89.8 Å². The molecule has 0 aliphatic heterocycles. The lowest BCUT2D eigenvalue weighted by Gasteiger charge is -2.24. The molecule has 1 amide bonds. The summed E-state index contributed by atoms with van der Waals surface area (Å²) in [5.74, 6) is -2.87. The van der Waals surface area contributed by atoms with Crippen molar-refractivity contribution in [2.75, 3.05) is 5.32 Å². The predicted octanol–water partition coefficient (Wildman–Crippen LogP) is 3.46. The van der Waals surface area contributed by atoms with Gasteiger partial charge in [-0.25, -0.2) is 13.1 Å². The summed E-state index contributed by atoms with van der Waals surface area (Å²) >= 11 is 0. The van der Waals surface area contributed by atoms with Crippen molar-refractivity contribution in [3.05, 3.63) is 101 Å². The number of ketones is 1. The Morgan fingerprint density at radius 2 is 1.42 bits per heavy atom. The summed E-state index contributed by atoms with van der Waals surface area (Å²) in [6.07, 6.45) is 0. The van der Waals surface area contributed by atoms with Gasteiger partial charge < -0.3 is 5.32 Å². The molecule has 0 fully saturated rings. The molecule has 9 nitrogen and oxygen atoms in total. The first-order chi connectivity index (χ1) is 15.7. The smallest absolute Gasteiger partial charge is 0.292 e.